The Balaban J connectivity index is 1.96. The maximum atomic E-state index is 12.6. The summed E-state index contributed by atoms with van der Waals surface area (Å²) in [6.45, 7) is 4.12. The van der Waals surface area contributed by atoms with Crippen molar-refractivity contribution in [3.05, 3.63) is 41.7 Å². The Morgan fingerprint density at radius 1 is 0.838 bits per heavy atom. The van der Waals surface area contributed by atoms with Gasteiger partial charge in [-0.15, -0.1) is 15.0 Å². The maximum Gasteiger partial charge on any atom is 0.303 e. The van der Waals surface area contributed by atoms with Crippen LogP contribution in [0.3, 0.4) is 0 Å². The number of hydrogen-bond donors (Lipinski definition) is 0. The molecule has 14 nitrogen and oxygen atoms in total. The molecule has 5 atom stereocenters. The third kappa shape index (κ3) is 7.39. The summed E-state index contributed by atoms with van der Waals surface area (Å²) >= 11 is 0. The van der Waals surface area contributed by atoms with Crippen LogP contribution >= 0.6 is 0 Å². The van der Waals surface area contributed by atoms with Crippen LogP contribution in [0.5, 0.6) is 0 Å². The molecule has 1 aliphatic heterocycles. The predicted octanol–water partition coefficient (Wildman–Crippen LogP) is 0.354. The molecule has 1 saturated heterocycles. The van der Waals surface area contributed by atoms with E-state index in [4.69, 9.17) is 23.7 Å². The molecule has 2 heterocycles. The van der Waals surface area contributed by atoms with Crippen LogP contribution in [0.1, 0.15) is 50.1 Å². The minimum absolute atomic E-state index is 0.0432. The first-order valence-corrected chi connectivity index (χ1v) is 11.2. The van der Waals surface area contributed by atoms with Crippen molar-refractivity contribution < 1.29 is 47.7 Å². The fraction of sp³-hybridized carbons (Fsp3) is 0.478. The summed E-state index contributed by atoms with van der Waals surface area (Å²) in [7, 11) is 0. The second-order valence-corrected chi connectivity index (χ2v) is 8.08. The molecular formula is C23H26N4O10. The molecule has 0 bridgehead atoms. The third-order valence-electron chi connectivity index (χ3n) is 5.08. The number of ketones is 1. The zero-order valence-electron chi connectivity index (χ0n) is 20.6. The van der Waals surface area contributed by atoms with Gasteiger partial charge in [0.1, 0.15) is 12.7 Å². The van der Waals surface area contributed by atoms with Crippen molar-refractivity contribution in [1.29, 1.82) is 0 Å². The van der Waals surface area contributed by atoms with Crippen LogP contribution in [0.4, 0.5) is 0 Å². The molecule has 37 heavy (non-hydrogen) atoms. The van der Waals surface area contributed by atoms with E-state index in [-0.39, 0.29) is 18.0 Å². The summed E-state index contributed by atoms with van der Waals surface area (Å²) in [6.07, 6.45) is -6.81. The van der Waals surface area contributed by atoms with E-state index in [0.717, 1.165) is 25.6 Å². The standard InChI is InChI=1S/C23H26N4O10/c1-12(28)33-11-18-20(34-13(2)29)21(35-14(3)30)22(36-15(4)31)23(37-18)27-25-19(24-26-27)10-17(32)16-8-6-5-7-9-16/h5-9,18,20-23H,10-11H2,1-4H3. The van der Waals surface area contributed by atoms with Crippen molar-refractivity contribution >= 4 is 29.7 Å². The summed E-state index contributed by atoms with van der Waals surface area (Å²) in [4.78, 5) is 60.7. The van der Waals surface area contributed by atoms with Gasteiger partial charge in [-0.05, 0) is 5.21 Å². The van der Waals surface area contributed by atoms with Gasteiger partial charge >= 0.3 is 23.9 Å². The summed E-state index contributed by atoms with van der Waals surface area (Å²) in [5.74, 6) is -3.15. The van der Waals surface area contributed by atoms with Crippen LogP contribution < -0.4 is 0 Å². The SMILES string of the molecule is CC(=O)OCC1OC(n2nnc(CC(=O)c3ccccc3)n2)C(OC(C)=O)C(OC(C)=O)C1OC(C)=O. The number of rotatable bonds is 9. The maximum absolute atomic E-state index is 12.6. The Bertz CT molecular complexity index is 1150. The van der Waals surface area contributed by atoms with Gasteiger partial charge in [0.15, 0.2) is 29.9 Å². The van der Waals surface area contributed by atoms with Crippen LogP contribution in [-0.4, -0.2) is 80.9 Å². The molecule has 5 unspecified atom stereocenters. The summed E-state index contributed by atoms with van der Waals surface area (Å²) in [6, 6.07) is 8.50. The zero-order chi connectivity index (χ0) is 27.1. The lowest BCUT2D eigenvalue weighted by Gasteiger charge is -2.43. The summed E-state index contributed by atoms with van der Waals surface area (Å²) in [5.41, 5.74) is 0.450. The highest BCUT2D eigenvalue weighted by Gasteiger charge is 2.53. The number of tetrazole rings is 1. The van der Waals surface area contributed by atoms with E-state index in [1.165, 1.54) is 6.92 Å². The smallest absolute Gasteiger partial charge is 0.303 e. The molecule has 14 heteroatoms. The molecule has 2 aromatic rings. The Labute approximate surface area is 211 Å². The fourth-order valence-corrected chi connectivity index (χ4v) is 3.70. The van der Waals surface area contributed by atoms with Gasteiger partial charge in [0.2, 0.25) is 6.23 Å². The van der Waals surface area contributed by atoms with E-state index in [9.17, 15) is 24.0 Å². The zero-order valence-corrected chi connectivity index (χ0v) is 20.6. The molecule has 0 spiro atoms. The quantitative estimate of drug-likeness (QED) is 0.253. The van der Waals surface area contributed by atoms with E-state index in [0.29, 0.717) is 5.56 Å². The number of benzene rings is 1. The second-order valence-electron chi connectivity index (χ2n) is 8.08. The molecular weight excluding hydrogens is 492 g/mol. The van der Waals surface area contributed by atoms with Crippen molar-refractivity contribution in [3.63, 3.8) is 0 Å². The summed E-state index contributed by atoms with van der Waals surface area (Å²) < 4.78 is 27.1. The average molecular weight is 518 g/mol. The normalized spacial score (nSPS) is 23.0. The Morgan fingerprint density at radius 3 is 2.03 bits per heavy atom. The molecule has 1 fully saturated rings. The number of esters is 4. The van der Waals surface area contributed by atoms with Gasteiger partial charge in [-0.1, -0.05) is 30.3 Å². The van der Waals surface area contributed by atoms with Crippen molar-refractivity contribution in [2.45, 2.75) is 64.8 Å². The molecule has 1 aliphatic rings. The lowest BCUT2D eigenvalue weighted by molar-refractivity contribution is -0.272. The van der Waals surface area contributed by atoms with Gasteiger partial charge in [0.05, 0.1) is 6.42 Å². The van der Waals surface area contributed by atoms with Crippen LogP contribution in [0.15, 0.2) is 30.3 Å². The Hall–Kier alpha value is -4.20. The van der Waals surface area contributed by atoms with Gasteiger partial charge in [-0.3, -0.25) is 24.0 Å². The van der Waals surface area contributed by atoms with Gasteiger partial charge in [0.25, 0.3) is 0 Å². The molecule has 1 aromatic carbocycles. The predicted molar refractivity (Wildman–Crippen MR) is 119 cm³/mol. The van der Waals surface area contributed by atoms with Gasteiger partial charge in [0, 0.05) is 33.3 Å². The number of nitrogens with zero attached hydrogens (tertiary/aromatic N) is 4. The van der Waals surface area contributed by atoms with E-state index in [1.54, 1.807) is 30.3 Å². The van der Waals surface area contributed by atoms with E-state index < -0.39 is 61.1 Å². The van der Waals surface area contributed by atoms with Crippen LogP contribution in [0.25, 0.3) is 0 Å². The first-order chi connectivity index (χ1) is 17.5. The van der Waals surface area contributed by atoms with Crippen LogP contribution in [-0.2, 0) is 49.3 Å². The highest BCUT2D eigenvalue weighted by atomic mass is 16.7. The van der Waals surface area contributed by atoms with E-state index in [1.807, 2.05) is 0 Å². The van der Waals surface area contributed by atoms with Gasteiger partial charge < -0.3 is 23.7 Å². The number of ether oxygens (including phenoxy) is 5. The first-order valence-electron chi connectivity index (χ1n) is 11.2. The Morgan fingerprint density at radius 2 is 1.43 bits per heavy atom. The average Bonchev–Trinajstić information content (AvgIpc) is 3.28. The van der Waals surface area contributed by atoms with Crippen LogP contribution in [0.2, 0.25) is 0 Å². The lowest BCUT2D eigenvalue weighted by Crippen LogP contribution is -2.60. The number of Topliss-reactive ketones (excluding diaryl/α,β-unsaturated/α-hetero) is 1. The minimum atomic E-state index is -1.40. The second kappa shape index (κ2) is 12.2. The number of aromatic nitrogens is 4. The molecule has 3 rings (SSSR count). The number of carbonyl (C=O) groups is 5. The van der Waals surface area contributed by atoms with E-state index in [2.05, 4.69) is 15.4 Å². The van der Waals surface area contributed by atoms with Crippen LogP contribution in [0, 0.1) is 0 Å². The van der Waals surface area contributed by atoms with Crippen molar-refractivity contribution in [2.75, 3.05) is 6.61 Å². The van der Waals surface area contributed by atoms with Crippen molar-refractivity contribution in [2.24, 2.45) is 0 Å². The van der Waals surface area contributed by atoms with E-state index >= 15 is 0 Å². The first kappa shape index (κ1) is 27.4. The molecule has 0 aliphatic carbocycles. The molecule has 0 saturated carbocycles. The highest BCUT2D eigenvalue weighted by Crippen LogP contribution is 2.34. The van der Waals surface area contributed by atoms with Gasteiger partial charge in [-0.2, -0.15) is 0 Å². The van der Waals surface area contributed by atoms with Crippen molar-refractivity contribution in [3.8, 4) is 0 Å². The molecule has 0 radical (unpaired) electrons. The topological polar surface area (TPSA) is 175 Å². The highest BCUT2D eigenvalue weighted by molar-refractivity contribution is 5.97. The van der Waals surface area contributed by atoms with Gasteiger partial charge in [-0.25, -0.2) is 0 Å². The molecule has 1 aromatic heterocycles. The third-order valence-corrected chi connectivity index (χ3v) is 5.08. The number of carbonyl (C=O) groups excluding carboxylic acids is 5. The Kier molecular flexibility index (Phi) is 9.00. The lowest BCUT2D eigenvalue weighted by atomic mass is 9.97. The molecule has 0 N–H and O–H groups in total. The molecule has 0 amide bonds. The van der Waals surface area contributed by atoms with Crippen molar-refractivity contribution in [1.82, 2.24) is 20.2 Å². The monoisotopic (exact) mass is 518 g/mol. The number of hydrogen-bond acceptors (Lipinski definition) is 13. The molecule has 198 valence electrons. The largest absolute Gasteiger partial charge is 0.463 e. The summed E-state index contributed by atoms with van der Waals surface area (Å²) in [5, 5.41) is 12.0. The minimum Gasteiger partial charge on any atom is -0.463 e. The fourth-order valence-electron chi connectivity index (χ4n) is 3.70.